The van der Waals surface area contributed by atoms with Gasteiger partial charge in [0.15, 0.2) is 5.82 Å². The zero-order valence-corrected chi connectivity index (χ0v) is 18.8. The molecule has 0 unspecified atom stereocenters. The van der Waals surface area contributed by atoms with Crippen LogP contribution in [0.1, 0.15) is 39.7 Å². The molecule has 0 fully saturated rings. The van der Waals surface area contributed by atoms with E-state index in [0.29, 0.717) is 22.9 Å². The second kappa shape index (κ2) is 8.26. The van der Waals surface area contributed by atoms with Crippen LogP contribution in [0.15, 0.2) is 48.5 Å². The molecule has 2 amide bonds. The predicted molar refractivity (Wildman–Crippen MR) is 127 cm³/mol. The number of rotatable bonds is 4. The molecule has 0 aliphatic carbocycles. The van der Waals surface area contributed by atoms with E-state index in [1.165, 1.54) is 12.5 Å². The number of anilines is 2. The van der Waals surface area contributed by atoms with E-state index >= 15 is 0 Å². The van der Waals surface area contributed by atoms with Crippen LogP contribution in [0.4, 0.5) is 11.5 Å². The lowest BCUT2D eigenvalue weighted by Crippen LogP contribution is -2.16. The highest BCUT2D eigenvalue weighted by Crippen LogP contribution is 2.26. The van der Waals surface area contributed by atoms with E-state index in [2.05, 4.69) is 41.7 Å². The molecule has 0 aliphatic heterocycles. The van der Waals surface area contributed by atoms with Gasteiger partial charge in [-0.15, -0.1) is 0 Å². The van der Waals surface area contributed by atoms with Gasteiger partial charge in [-0.05, 0) is 69.2 Å². The second-order valence-electron chi connectivity index (χ2n) is 8.07. The smallest absolute Gasteiger partial charge is 0.256 e. The summed E-state index contributed by atoms with van der Waals surface area (Å²) in [7, 11) is 0. The summed E-state index contributed by atoms with van der Waals surface area (Å²) in [6.45, 7) is 9.46. The third-order valence-electron chi connectivity index (χ3n) is 5.18. The Morgan fingerprint density at radius 2 is 1.69 bits per heavy atom. The first-order valence-electron chi connectivity index (χ1n) is 10.4. The molecule has 2 N–H and O–H groups in total. The van der Waals surface area contributed by atoms with Crippen LogP contribution in [0.3, 0.4) is 0 Å². The van der Waals surface area contributed by atoms with Gasteiger partial charge in [0.25, 0.3) is 5.91 Å². The number of nitrogens with one attached hydrogen (secondary N) is 2. The van der Waals surface area contributed by atoms with Crippen molar-refractivity contribution in [1.29, 1.82) is 0 Å². The molecule has 0 spiro atoms. The van der Waals surface area contributed by atoms with Gasteiger partial charge in [-0.3, -0.25) is 9.59 Å². The molecule has 0 radical (unpaired) electrons. The third kappa shape index (κ3) is 4.23. The van der Waals surface area contributed by atoms with E-state index in [1.807, 2.05) is 19.9 Å². The van der Waals surface area contributed by atoms with Crippen molar-refractivity contribution >= 4 is 34.2 Å². The van der Waals surface area contributed by atoms with Gasteiger partial charge in [-0.25, -0.2) is 4.98 Å². The van der Waals surface area contributed by atoms with Gasteiger partial charge in [0.2, 0.25) is 5.91 Å². The third-order valence-corrected chi connectivity index (χ3v) is 5.18. The molecule has 2 aromatic heterocycles. The molecule has 0 saturated heterocycles. The zero-order valence-electron chi connectivity index (χ0n) is 18.8. The Bertz CT molecular complexity index is 1370. The highest BCUT2D eigenvalue weighted by atomic mass is 16.2. The molecule has 0 aliphatic rings. The molecule has 4 aromatic rings. The summed E-state index contributed by atoms with van der Waals surface area (Å²) in [5.41, 5.74) is 6.03. The van der Waals surface area contributed by atoms with Crippen molar-refractivity contribution in [2.24, 2.45) is 0 Å². The molecule has 2 aromatic carbocycles. The summed E-state index contributed by atoms with van der Waals surface area (Å²) < 4.78 is 1.65. The molecule has 32 heavy (non-hydrogen) atoms. The summed E-state index contributed by atoms with van der Waals surface area (Å²) in [6, 6.07) is 14.8. The van der Waals surface area contributed by atoms with Crippen molar-refractivity contribution in [2.45, 2.75) is 34.6 Å². The lowest BCUT2D eigenvalue weighted by atomic mass is 10.0. The van der Waals surface area contributed by atoms with E-state index in [9.17, 15) is 9.59 Å². The van der Waals surface area contributed by atoms with Crippen molar-refractivity contribution in [3.63, 3.8) is 0 Å². The number of aromatic nitrogens is 3. The summed E-state index contributed by atoms with van der Waals surface area (Å²) >= 11 is 0. The monoisotopic (exact) mass is 427 g/mol. The van der Waals surface area contributed by atoms with Gasteiger partial charge in [0.1, 0.15) is 5.82 Å². The maximum absolute atomic E-state index is 12.9. The number of nitrogens with zero attached hydrogens (tertiary/aromatic N) is 3. The molecule has 7 nitrogen and oxygen atoms in total. The fourth-order valence-corrected chi connectivity index (χ4v) is 3.83. The van der Waals surface area contributed by atoms with Crippen LogP contribution in [0.2, 0.25) is 0 Å². The summed E-state index contributed by atoms with van der Waals surface area (Å²) in [5.74, 6) is 0.660. The maximum Gasteiger partial charge on any atom is 0.256 e. The molecule has 4 rings (SSSR count). The molecular formula is C25H25N5O2. The van der Waals surface area contributed by atoms with Gasteiger partial charge in [0.05, 0.1) is 11.2 Å². The van der Waals surface area contributed by atoms with Crippen molar-refractivity contribution in [1.82, 2.24) is 14.8 Å². The highest BCUT2D eigenvalue weighted by molar-refractivity contribution is 6.05. The topological polar surface area (TPSA) is 88.9 Å². The Kier molecular flexibility index (Phi) is 5.48. The summed E-state index contributed by atoms with van der Waals surface area (Å²) in [6.07, 6.45) is 0. The maximum atomic E-state index is 12.9. The van der Waals surface area contributed by atoms with Gasteiger partial charge in [-0.1, -0.05) is 17.7 Å². The van der Waals surface area contributed by atoms with E-state index in [-0.39, 0.29) is 11.8 Å². The van der Waals surface area contributed by atoms with E-state index in [1.54, 1.807) is 35.0 Å². The minimum atomic E-state index is -0.303. The van der Waals surface area contributed by atoms with Gasteiger partial charge < -0.3 is 10.6 Å². The van der Waals surface area contributed by atoms with Gasteiger partial charge in [0, 0.05) is 29.6 Å². The molecule has 2 heterocycles. The number of carbonyl (C=O) groups is 2. The number of hydrogen-bond acceptors (Lipinski definition) is 4. The average molecular weight is 428 g/mol. The molecular weight excluding hydrogens is 402 g/mol. The number of carbonyl (C=O) groups excluding carboxylic acids is 2. The van der Waals surface area contributed by atoms with E-state index < -0.39 is 0 Å². The van der Waals surface area contributed by atoms with Crippen LogP contribution in [0.5, 0.6) is 0 Å². The van der Waals surface area contributed by atoms with Crippen LogP contribution in [0.25, 0.3) is 16.7 Å². The van der Waals surface area contributed by atoms with Crippen LogP contribution in [0, 0.1) is 27.7 Å². The standard InChI is InChI=1S/C25H25N5O2/c1-14-9-16(3)24-21(10-14)15(2)11-22(27-24)30-23(12-17(4)29-30)28-25(32)19-7-6-8-20(13-19)26-18(5)31/h6-13H,1-5H3,(H,26,31)(H,28,32). The number of fused-ring (bicyclic) bond motifs is 1. The van der Waals surface area contributed by atoms with Crippen molar-refractivity contribution < 1.29 is 9.59 Å². The van der Waals surface area contributed by atoms with Crippen molar-refractivity contribution in [3.05, 3.63) is 76.5 Å². The van der Waals surface area contributed by atoms with Crippen LogP contribution < -0.4 is 10.6 Å². The number of hydrogen-bond donors (Lipinski definition) is 2. The normalized spacial score (nSPS) is 10.9. The van der Waals surface area contributed by atoms with E-state index in [0.717, 1.165) is 27.7 Å². The largest absolute Gasteiger partial charge is 0.326 e. The lowest BCUT2D eigenvalue weighted by Gasteiger charge is -2.13. The molecule has 0 saturated carbocycles. The molecule has 0 atom stereocenters. The van der Waals surface area contributed by atoms with Gasteiger partial charge >= 0.3 is 0 Å². The fraction of sp³-hybridized carbons (Fsp3) is 0.200. The molecule has 162 valence electrons. The minimum absolute atomic E-state index is 0.195. The zero-order chi connectivity index (χ0) is 23.0. The first kappa shape index (κ1) is 21.2. The molecule has 7 heteroatoms. The van der Waals surface area contributed by atoms with Crippen LogP contribution in [-0.2, 0) is 4.79 Å². The Labute approximate surface area is 186 Å². The molecule has 0 bridgehead atoms. The first-order chi connectivity index (χ1) is 15.2. The van der Waals surface area contributed by atoms with Crippen LogP contribution in [-0.4, -0.2) is 26.6 Å². The highest BCUT2D eigenvalue weighted by Gasteiger charge is 2.16. The fourth-order valence-electron chi connectivity index (χ4n) is 3.83. The van der Waals surface area contributed by atoms with Crippen LogP contribution >= 0.6 is 0 Å². The lowest BCUT2D eigenvalue weighted by molar-refractivity contribution is -0.114. The Hall–Kier alpha value is -4.00. The Morgan fingerprint density at radius 1 is 0.906 bits per heavy atom. The van der Waals surface area contributed by atoms with Crippen molar-refractivity contribution in [2.75, 3.05) is 10.6 Å². The summed E-state index contributed by atoms with van der Waals surface area (Å²) in [5, 5.41) is 11.3. The van der Waals surface area contributed by atoms with Crippen molar-refractivity contribution in [3.8, 4) is 5.82 Å². The SMILES string of the molecule is CC(=O)Nc1cccc(C(=O)Nc2cc(C)nn2-c2cc(C)c3cc(C)cc(C)c3n2)c1. The predicted octanol–water partition coefficient (Wildman–Crippen LogP) is 4.86. The van der Waals surface area contributed by atoms with Gasteiger partial charge in [-0.2, -0.15) is 9.78 Å². The number of amides is 2. The Morgan fingerprint density at radius 3 is 2.44 bits per heavy atom. The number of aryl methyl sites for hydroxylation is 4. The minimum Gasteiger partial charge on any atom is -0.326 e. The quantitative estimate of drug-likeness (QED) is 0.487. The summed E-state index contributed by atoms with van der Waals surface area (Å²) in [4.78, 5) is 29.1. The second-order valence-corrected chi connectivity index (χ2v) is 8.07. The Balaban J connectivity index is 1.71. The van der Waals surface area contributed by atoms with E-state index in [4.69, 9.17) is 4.98 Å². The number of pyridine rings is 1. The average Bonchev–Trinajstić information content (AvgIpc) is 3.08. The first-order valence-corrected chi connectivity index (χ1v) is 10.4. The number of benzene rings is 2.